The van der Waals surface area contributed by atoms with Gasteiger partial charge in [-0.2, -0.15) is 0 Å². The number of aliphatic imine (C=N–C) groups is 1. The van der Waals surface area contributed by atoms with Crippen molar-refractivity contribution in [2.45, 2.75) is 49.8 Å². The van der Waals surface area contributed by atoms with Crippen molar-refractivity contribution in [3.8, 4) is 17.2 Å². The van der Waals surface area contributed by atoms with Crippen molar-refractivity contribution in [2.75, 3.05) is 26.5 Å². The molecule has 250 valence electrons. The maximum Gasteiger partial charge on any atom is 0.231 e. The third-order valence-corrected chi connectivity index (χ3v) is 8.18. The number of methoxy groups -OCH3 is 1. The number of benzene rings is 2. The highest BCUT2D eigenvalue weighted by atomic mass is 16.8. The number of fused-ring (bicyclic) bond motifs is 2. The fraction of sp³-hybridized carbons (Fsp3) is 0.355. The molecule has 1 aliphatic heterocycles. The number of guanidine groups is 1. The lowest BCUT2D eigenvalue weighted by atomic mass is 9.80. The van der Waals surface area contributed by atoms with Crippen LogP contribution in [0.1, 0.15) is 48.5 Å². The summed E-state index contributed by atoms with van der Waals surface area (Å²) in [6.07, 6.45) is -5.68. The molecule has 1 aromatic heterocycles. The third-order valence-electron chi connectivity index (χ3n) is 8.18. The van der Waals surface area contributed by atoms with Gasteiger partial charge in [0.25, 0.3) is 0 Å². The van der Waals surface area contributed by atoms with Crippen LogP contribution in [-0.2, 0) is 24.1 Å². The molecule has 16 nitrogen and oxygen atoms in total. The van der Waals surface area contributed by atoms with Crippen molar-refractivity contribution in [2.24, 2.45) is 10.7 Å². The molecular formula is C31H35N5O11. The van der Waals surface area contributed by atoms with E-state index in [4.69, 9.17) is 25.7 Å². The van der Waals surface area contributed by atoms with E-state index in [1.54, 1.807) is 18.3 Å². The summed E-state index contributed by atoms with van der Waals surface area (Å²) in [6, 6.07) is 7.47. The number of nitrogens with zero attached hydrogens (tertiary/aromatic N) is 2. The van der Waals surface area contributed by atoms with Crippen LogP contribution in [-0.4, -0.2) is 104 Å². The van der Waals surface area contributed by atoms with E-state index < -0.39 is 54.3 Å². The summed E-state index contributed by atoms with van der Waals surface area (Å²) in [4.78, 5) is 36.2. The van der Waals surface area contributed by atoms with Gasteiger partial charge in [0.2, 0.25) is 17.9 Å². The molecule has 5 atom stereocenters. The average molecular weight is 654 g/mol. The molecular weight excluding hydrogens is 618 g/mol. The highest BCUT2D eigenvalue weighted by Gasteiger charge is 2.54. The Kier molecular flexibility index (Phi) is 9.35. The van der Waals surface area contributed by atoms with Crippen LogP contribution >= 0.6 is 0 Å². The molecule has 5 rings (SSSR count). The predicted molar refractivity (Wildman–Crippen MR) is 164 cm³/mol. The van der Waals surface area contributed by atoms with E-state index in [0.29, 0.717) is 24.2 Å². The first-order valence-electron chi connectivity index (χ1n) is 14.4. The highest BCUT2D eigenvalue weighted by Crippen LogP contribution is 2.43. The minimum atomic E-state index is -2.74. The molecule has 47 heavy (non-hydrogen) atoms. The van der Waals surface area contributed by atoms with Crippen molar-refractivity contribution in [3.63, 3.8) is 0 Å². The van der Waals surface area contributed by atoms with Crippen LogP contribution in [0.4, 0.5) is 5.82 Å². The molecule has 16 heteroatoms. The standard InChI is InChI=1S/C31H35N5O11/c1-34-30(33)36-11-18-14(5-3-13-4-6-20(32)35-10-13)7-16-22(24(18)39)25(40)21-17(23(16)38)8-15(45-2)9-19(21)46-29-27(42)26(41)28(43)31(44,12-37)47-29/h4,6-10,26-29,37,39,41-44H,3,5,11-12H2,1-2H3,(H2,32,35)(H3,33,34,36)/t26-,27-,28+,29-,31-/m1/s1. The number of pyridine rings is 1. The van der Waals surface area contributed by atoms with Crippen LogP contribution in [0.3, 0.4) is 0 Å². The molecule has 2 heterocycles. The molecule has 0 saturated carbocycles. The Morgan fingerprint density at radius 3 is 2.45 bits per heavy atom. The number of carbonyl (C=O) groups excluding carboxylic acids is 2. The minimum absolute atomic E-state index is 0.0556. The Hall–Kier alpha value is -4.84. The summed E-state index contributed by atoms with van der Waals surface area (Å²) in [5.74, 6) is -4.63. The second-order valence-electron chi connectivity index (χ2n) is 11.1. The lowest BCUT2D eigenvalue weighted by Crippen LogP contribution is -2.67. The first kappa shape index (κ1) is 33.5. The Labute approximate surface area is 267 Å². The van der Waals surface area contributed by atoms with Crippen molar-refractivity contribution < 1.29 is 54.4 Å². The molecule has 11 N–H and O–H groups in total. The smallest absolute Gasteiger partial charge is 0.231 e. The van der Waals surface area contributed by atoms with Crippen molar-refractivity contribution in [1.29, 1.82) is 0 Å². The Bertz CT molecular complexity index is 1730. The number of hydrogen-bond donors (Lipinski definition) is 9. The van der Waals surface area contributed by atoms with Crippen LogP contribution in [0.5, 0.6) is 17.2 Å². The quantitative estimate of drug-likeness (QED) is 0.0732. The number of phenols is 1. The number of aliphatic hydroxyl groups is 5. The van der Waals surface area contributed by atoms with Gasteiger partial charge in [0, 0.05) is 42.5 Å². The van der Waals surface area contributed by atoms with Crippen LogP contribution in [0.2, 0.25) is 0 Å². The minimum Gasteiger partial charge on any atom is -0.507 e. The second kappa shape index (κ2) is 13.1. The van der Waals surface area contributed by atoms with E-state index in [-0.39, 0.29) is 51.8 Å². The molecule has 1 aliphatic carbocycles. The zero-order valence-electron chi connectivity index (χ0n) is 25.4. The molecule has 3 aromatic rings. The number of aliphatic hydroxyl groups excluding tert-OH is 4. The number of aromatic hydroxyl groups is 1. The van der Waals surface area contributed by atoms with Gasteiger partial charge in [-0.05, 0) is 42.2 Å². The second-order valence-corrected chi connectivity index (χ2v) is 11.1. The van der Waals surface area contributed by atoms with E-state index in [1.807, 2.05) is 0 Å². The normalized spacial score (nSPS) is 24.0. The number of nitrogens with one attached hydrogen (secondary N) is 1. The van der Waals surface area contributed by atoms with Crippen molar-refractivity contribution in [1.82, 2.24) is 10.3 Å². The van der Waals surface area contributed by atoms with E-state index in [0.717, 1.165) is 5.56 Å². The molecule has 0 unspecified atom stereocenters. The lowest BCUT2D eigenvalue weighted by molar-refractivity contribution is -0.384. The zero-order chi connectivity index (χ0) is 34.2. The first-order valence-corrected chi connectivity index (χ1v) is 14.4. The Morgan fingerprint density at radius 1 is 1.09 bits per heavy atom. The van der Waals surface area contributed by atoms with Gasteiger partial charge >= 0.3 is 0 Å². The van der Waals surface area contributed by atoms with Crippen molar-refractivity contribution in [3.05, 3.63) is 75.5 Å². The first-order chi connectivity index (χ1) is 22.3. The maximum atomic E-state index is 14.2. The Morgan fingerprint density at radius 2 is 1.81 bits per heavy atom. The summed E-state index contributed by atoms with van der Waals surface area (Å²) in [5, 5.41) is 65.6. The highest BCUT2D eigenvalue weighted by molar-refractivity contribution is 6.30. The van der Waals surface area contributed by atoms with Crippen LogP contribution in [0.15, 0.2) is 41.5 Å². The van der Waals surface area contributed by atoms with E-state index in [2.05, 4.69) is 15.3 Å². The SMILES string of the molecule is CN=C(N)NCc1c(CCc2ccc(N)nc2)cc2c(c1O)C(=O)c1c(O[C@@H]3O[C@](O)(CO)[C@@H](O)[C@H](O)[C@H]3O)cc(OC)cc1C2=O. The molecule has 0 radical (unpaired) electrons. The fourth-order valence-electron chi connectivity index (χ4n) is 5.50. The van der Waals surface area contributed by atoms with Gasteiger partial charge in [-0.25, -0.2) is 4.98 Å². The number of phenolic OH excluding ortho intramolecular Hbond substituents is 1. The monoisotopic (exact) mass is 653 g/mol. The number of hydrogen-bond acceptors (Lipinski definition) is 14. The topological polar surface area (TPSA) is 273 Å². The summed E-state index contributed by atoms with van der Waals surface area (Å²) >= 11 is 0. The molecule has 0 amide bonds. The molecule has 1 saturated heterocycles. The van der Waals surface area contributed by atoms with Crippen LogP contribution in [0, 0.1) is 0 Å². The maximum absolute atomic E-state index is 14.2. The number of nitrogen functional groups attached to an aromatic ring is 1. The number of ketones is 2. The van der Waals surface area contributed by atoms with E-state index in [9.17, 15) is 40.2 Å². The van der Waals surface area contributed by atoms with Crippen molar-refractivity contribution >= 4 is 23.3 Å². The largest absolute Gasteiger partial charge is 0.507 e. The van der Waals surface area contributed by atoms with Gasteiger partial charge in [0.15, 0.2) is 11.7 Å². The lowest BCUT2D eigenvalue weighted by Gasteiger charge is -2.44. The van der Waals surface area contributed by atoms with Crippen LogP contribution in [0.25, 0.3) is 0 Å². The zero-order valence-corrected chi connectivity index (χ0v) is 25.4. The average Bonchev–Trinajstić information content (AvgIpc) is 3.07. The molecule has 0 spiro atoms. The number of ether oxygens (including phenoxy) is 3. The van der Waals surface area contributed by atoms with Gasteiger partial charge in [-0.15, -0.1) is 0 Å². The fourth-order valence-corrected chi connectivity index (χ4v) is 5.50. The van der Waals surface area contributed by atoms with Crippen LogP contribution < -0.4 is 26.3 Å². The van der Waals surface area contributed by atoms with Gasteiger partial charge in [-0.1, -0.05) is 6.07 Å². The van der Waals surface area contributed by atoms with E-state index in [1.165, 1.54) is 32.4 Å². The Balaban J connectivity index is 1.60. The summed E-state index contributed by atoms with van der Waals surface area (Å²) in [6.45, 7) is -1.24. The summed E-state index contributed by atoms with van der Waals surface area (Å²) in [7, 11) is 2.76. The number of aryl methyl sites for hydroxylation is 2. The summed E-state index contributed by atoms with van der Waals surface area (Å²) in [5.41, 5.74) is 12.3. The number of aromatic nitrogens is 1. The van der Waals surface area contributed by atoms with E-state index >= 15 is 0 Å². The molecule has 1 fully saturated rings. The molecule has 0 bridgehead atoms. The van der Waals surface area contributed by atoms with Gasteiger partial charge in [-0.3, -0.25) is 14.6 Å². The molecule has 2 aromatic carbocycles. The third kappa shape index (κ3) is 6.17. The van der Waals surface area contributed by atoms with Gasteiger partial charge in [0.05, 0.1) is 24.8 Å². The predicted octanol–water partition coefficient (Wildman–Crippen LogP) is -1.53. The number of rotatable bonds is 9. The van der Waals surface area contributed by atoms with Gasteiger partial charge < -0.3 is 61.6 Å². The van der Waals surface area contributed by atoms with Gasteiger partial charge in [0.1, 0.15) is 41.4 Å². The molecule has 2 aliphatic rings. The number of carbonyl (C=O) groups is 2. The summed E-state index contributed by atoms with van der Waals surface area (Å²) < 4.78 is 16.3. The number of anilines is 1. The number of nitrogens with two attached hydrogens (primary N) is 2.